The standard InChI is InChI=1S/C13H18N6O4/c1-18-11-7-5(10(14)17-18)2-19(12(7)16-4-15-11)13-9(22)8(21)6(3-20)23-13/h4-6,8-9,13,20-22H,2-3H2,1H3,(H2,14,17). The number of aliphatic hydroxyl groups excluding tert-OH is 3. The van der Waals surface area contributed by atoms with Gasteiger partial charge in [0.05, 0.1) is 18.1 Å². The van der Waals surface area contributed by atoms with E-state index in [1.807, 2.05) is 0 Å². The molecule has 0 aromatic carbocycles. The maximum Gasteiger partial charge on any atom is 0.160 e. The molecule has 0 aliphatic carbocycles. The van der Waals surface area contributed by atoms with E-state index in [9.17, 15) is 15.3 Å². The van der Waals surface area contributed by atoms with E-state index in [1.54, 1.807) is 17.0 Å². The summed E-state index contributed by atoms with van der Waals surface area (Å²) in [5, 5.41) is 35.3. The van der Waals surface area contributed by atoms with E-state index in [0.29, 0.717) is 24.0 Å². The lowest BCUT2D eigenvalue weighted by Gasteiger charge is -2.27. The molecule has 4 heterocycles. The second-order valence-corrected chi connectivity index (χ2v) is 5.92. The second kappa shape index (κ2) is 4.99. The first-order valence-corrected chi connectivity index (χ1v) is 7.34. The molecule has 1 fully saturated rings. The van der Waals surface area contributed by atoms with Gasteiger partial charge in [0.25, 0.3) is 0 Å². The molecule has 10 heteroatoms. The molecule has 124 valence electrons. The smallest absolute Gasteiger partial charge is 0.160 e. The molecule has 0 radical (unpaired) electrons. The number of ether oxygens (including phenoxy) is 1. The molecule has 0 bridgehead atoms. The van der Waals surface area contributed by atoms with Crippen LogP contribution in [-0.4, -0.2) is 75.9 Å². The van der Waals surface area contributed by atoms with E-state index in [2.05, 4.69) is 15.1 Å². The summed E-state index contributed by atoms with van der Waals surface area (Å²) >= 11 is 0. The van der Waals surface area contributed by atoms with E-state index < -0.39 is 24.5 Å². The fraction of sp³-hybridized carbons (Fsp3) is 0.615. The summed E-state index contributed by atoms with van der Waals surface area (Å²) in [6.45, 7) is 0.0387. The van der Waals surface area contributed by atoms with Crippen molar-refractivity contribution < 1.29 is 20.1 Å². The number of anilines is 2. The number of nitrogens with zero attached hydrogens (tertiary/aromatic N) is 5. The first kappa shape index (κ1) is 14.6. The highest BCUT2D eigenvalue weighted by atomic mass is 16.6. The molecular formula is C13H18N6O4. The molecule has 0 amide bonds. The SMILES string of the molecule is CN1N=C(N)C2CN(C3OC(CO)C(O)C3O)c3ncnc1c32. The van der Waals surface area contributed by atoms with E-state index in [4.69, 9.17) is 10.5 Å². The molecule has 5 unspecified atom stereocenters. The quantitative estimate of drug-likeness (QED) is 0.466. The van der Waals surface area contributed by atoms with Crippen molar-refractivity contribution in [3.63, 3.8) is 0 Å². The van der Waals surface area contributed by atoms with Crippen LogP contribution in [0.1, 0.15) is 11.5 Å². The van der Waals surface area contributed by atoms with Gasteiger partial charge in [0.2, 0.25) is 0 Å². The Kier molecular flexibility index (Phi) is 3.17. The molecule has 4 rings (SSSR count). The van der Waals surface area contributed by atoms with Gasteiger partial charge in [-0.3, -0.25) is 0 Å². The van der Waals surface area contributed by atoms with Crippen molar-refractivity contribution in [2.45, 2.75) is 30.5 Å². The molecule has 5 N–H and O–H groups in total. The van der Waals surface area contributed by atoms with Crippen LogP contribution in [0.25, 0.3) is 0 Å². The molecule has 3 aliphatic rings. The van der Waals surface area contributed by atoms with Crippen LogP contribution in [0.5, 0.6) is 0 Å². The topological polar surface area (TPSA) is 141 Å². The zero-order valence-corrected chi connectivity index (χ0v) is 12.4. The van der Waals surface area contributed by atoms with Gasteiger partial charge in [-0.1, -0.05) is 0 Å². The van der Waals surface area contributed by atoms with Crippen molar-refractivity contribution in [3.8, 4) is 0 Å². The molecular weight excluding hydrogens is 304 g/mol. The van der Waals surface area contributed by atoms with Crippen molar-refractivity contribution in [1.82, 2.24) is 9.97 Å². The number of aliphatic hydroxyl groups is 3. The number of hydrazone groups is 1. The zero-order valence-electron chi connectivity index (χ0n) is 12.4. The Morgan fingerprint density at radius 3 is 2.74 bits per heavy atom. The molecule has 1 aromatic rings. The number of aromatic nitrogens is 2. The van der Waals surface area contributed by atoms with Crippen LogP contribution >= 0.6 is 0 Å². The van der Waals surface area contributed by atoms with Gasteiger partial charge in [-0.2, -0.15) is 5.10 Å². The highest BCUT2D eigenvalue weighted by Crippen LogP contribution is 2.44. The Bertz CT molecular complexity index is 670. The maximum absolute atomic E-state index is 10.3. The van der Waals surface area contributed by atoms with Gasteiger partial charge < -0.3 is 30.7 Å². The minimum absolute atomic E-state index is 0.196. The molecule has 1 saturated heterocycles. The summed E-state index contributed by atoms with van der Waals surface area (Å²) in [5.74, 6) is 1.49. The Balaban J connectivity index is 1.74. The highest BCUT2D eigenvalue weighted by molar-refractivity contribution is 5.95. The monoisotopic (exact) mass is 322 g/mol. The first-order chi connectivity index (χ1) is 11.0. The summed E-state index contributed by atoms with van der Waals surface area (Å²) in [4.78, 5) is 10.3. The number of amidine groups is 1. The lowest BCUT2D eigenvalue weighted by Crippen LogP contribution is -2.45. The number of rotatable bonds is 2. The maximum atomic E-state index is 10.3. The van der Waals surface area contributed by atoms with Crippen molar-refractivity contribution in [3.05, 3.63) is 11.9 Å². The summed E-state index contributed by atoms with van der Waals surface area (Å²) in [6.07, 6.45) is -2.55. The van der Waals surface area contributed by atoms with Crippen LogP contribution < -0.4 is 15.6 Å². The van der Waals surface area contributed by atoms with Gasteiger partial charge in [0, 0.05) is 13.6 Å². The third-order valence-electron chi connectivity index (χ3n) is 4.59. The molecule has 3 aliphatic heterocycles. The molecule has 5 atom stereocenters. The Labute approximate surface area is 131 Å². The zero-order chi connectivity index (χ0) is 16.3. The normalized spacial score (nSPS) is 35.5. The van der Waals surface area contributed by atoms with Gasteiger partial charge in [-0.15, -0.1) is 0 Å². The van der Waals surface area contributed by atoms with Crippen molar-refractivity contribution in [2.75, 3.05) is 30.1 Å². The van der Waals surface area contributed by atoms with Crippen LogP contribution in [0.4, 0.5) is 11.6 Å². The summed E-state index contributed by atoms with van der Waals surface area (Å²) in [6, 6.07) is 0. The highest BCUT2D eigenvalue weighted by Gasteiger charge is 2.50. The Hall–Kier alpha value is -2.01. The summed E-state index contributed by atoms with van der Waals surface area (Å²) in [5.41, 5.74) is 6.87. The molecule has 23 heavy (non-hydrogen) atoms. The van der Waals surface area contributed by atoms with Gasteiger partial charge in [-0.05, 0) is 0 Å². The van der Waals surface area contributed by atoms with Crippen LogP contribution in [0.2, 0.25) is 0 Å². The summed E-state index contributed by atoms with van der Waals surface area (Å²) < 4.78 is 5.61. The fourth-order valence-corrected chi connectivity index (χ4v) is 3.44. The van der Waals surface area contributed by atoms with E-state index in [1.165, 1.54) is 6.33 Å². The molecule has 1 aromatic heterocycles. The molecule has 0 spiro atoms. The second-order valence-electron chi connectivity index (χ2n) is 5.92. The predicted octanol–water partition coefficient (Wildman–Crippen LogP) is -2.46. The van der Waals surface area contributed by atoms with E-state index in [0.717, 1.165) is 5.56 Å². The van der Waals surface area contributed by atoms with Crippen molar-refractivity contribution in [1.29, 1.82) is 0 Å². The van der Waals surface area contributed by atoms with Crippen LogP contribution in [0.15, 0.2) is 11.4 Å². The minimum Gasteiger partial charge on any atom is -0.394 e. The summed E-state index contributed by atoms with van der Waals surface area (Å²) in [7, 11) is 1.75. The van der Waals surface area contributed by atoms with Gasteiger partial charge in [0.1, 0.15) is 36.3 Å². The van der Waals surface area contributed by atoms with E-state index >= 15 is 0 Å². The first-order valence-electron chi connectivity index (χ1n) is 7.34. The third-order valence-corrected chi connectivity index (χ3v) is 4.59. The lowest BCUT2D eigenvalue weighted by atomic mass is 10.0. The van der Waals surface area contributed by atoms with Gasteiger partial charge in [-0.25, -0.2) is 15.0 Å². The predicted molar refractivity (Wildman–Crippen MR) is 79.9 cm³/mol. The Morgan fingerprint density at radius 2 is 2.04 bits per heavy atom. The molecule has 10 nitrogen and oxygen atoms in total. The number of hydrogen-bond acceptors (Lipinski definition) is 10. The van der Waals surface area contributed by atoms with Crippen LogP contribution in [-0.2, 0) is 4.74 Å². The fourth-order valence-electron chi connectivity index (χ4n) is 3.44. The van der Waals surface area contributed by atoms with Crippen molar-refractivity contribution >= 4 is 17.5 Å². The molecule has 0 saturated carbocycles. The lowest BCUT2D eigenvalue weighted by molar-refractivity contribution is -0.0222. The van der Waals surface area contributed by atoms with Gasteiger partial charge >= 0.3 is 0 Å². The largest absolute Gasteiger partial charge is 0.394 e. The third kappa shape index (κ3) is 1.92. The minimum atomic E-state index is -1.16. The average molecular weight is 322 g/mol. The van der Waals surface area contributed by atoms with E-state index in [-0.39, 0.29) is 12.5 Å². The Morgan fingerprint density at radius 1 is 1.30 bits per heavy atom. The van der Waals surface area contributed by atoms with Crippen LogP contribution in [0.3, 0.4) is 0 Å². The number of nitrogens with two attached hydrogens (primary N) is 1. The van der Waals surface area contributed by atoms with Crippen molar-refractivity contribution in [2.24, 2.45) is 10.8 Å². The van der Waals surface area contributed by atoms with Gasteiger partial charge in [0.15, 0.2) is 12.0 Å². The average Bonchev–Trinajstić information content (AvgIpc) is 3.05. The van der Waals surface area contributed by atoms with Crippen LogP contribution in [0, 0.1) is 0 Å². The number of hydrogen-bond donors (Lipinski definition) is 4.